The zero-order valence-electron chi connectivity index (χ0n) is 17.9. The van der Waals surface area contributed by atoms with E-state index in [1.807, 2.05) is 19.2 Å². The summed E-state index contributed by atoms with van der Waals surface area (Å²) in [5, 5.41) is 9.75. The number of rotatable bonds is 6. The number of nitrogens with one attached hydrogen (secondary N) is 3. The highest BCUT2D eigenvalue weighted by Crippen LogP contribution is 2.30. The molecule has 1 saturated carbocycles. The van der Waals surface area contributed by atoms with Crippen molar-refractivity contribution >= 4 is 16.9 Å². The molecule has 2 aliphatic rings. The van der Waals surface area contributed by atoms with E-state index >= 15 is 0 Å². The van der Waals surface area contributed by atoms with Crippen LogP contribution in [0.2, 0.25) is 0 Å². The van der Waals surface area contributed by atoms with Crippen molar-refractivity contribution in [2.45, 2.75) is 76.1 Å². The molecule has 2 aromatic rings. The second-order valence-corrected chi connectivity index (χ2v) is 8.89. The molecule has 0 bridgehead atoms. The Bertz CT molecular complexity index is 944. The lowest BCUT2D eigenvalue weighted by molar-refractivity contribution is 0.0783. The molecule has 4 rings (SSSR count). The van der Waals surface area contributed by atoms with Crippen molar-refractivity contribution in [3.63, 3.8) is 0 Å². The van der Waals surface area contributed by atoms with E-state index in [9.17, 15) is 14.7 Å². The number of amides is 1. The maximum absolute atomic E-state index is 13.0. The number of carbonyl (C=O) groups excluding carboxylic acids is 1. The van der Waals surface area contributed by atoms with Gasteiger partial charge in [-0.15, -0.1) is 0 Å². The fourth-order valence-electron chi connectivity index (χ4n) is 4.93. The first-order valence-electron chi connectivity index (χ1n) is 11.1. The summed E-state index contributed by atoms with van der Waals surface area (Å²) in [5.41, 5.74) is 8.55. The van der Waals surface area contributed by atoms with Gasteiger partial charge in [0.25, 0.3) is 5.91 Å². The van der Waals surface area contributed by atoms with Crippen LogP contribution >= 0.6 is 0 Å². The fraction of sp³-hybridized carbons (Fsp3) is 0.636. The van der Waals surface area contributed by atoms with E-state index in [1.54, 1.807) is 15.5 Å². The van der Waals surface area contributed by atoms with Crippen LogP contribution in [0, 0.1) is 0 Å². The van der Waals surface area contributed by atoms with Crippen LogP contribution in [0.4, 0.5) is 0 Å². The molecule has 0 spiro atoms. The van der Waals surface area contributed by atoms with Crippen LogP contribution in [0.25, 0.3) is 11.0 Å². The van der Waals surface area contributed by atoms with Crippen molar-refractivity contribution in [2.75, 3.05) is 13.6 Å². The smallest absolute Gasteiger partial charge is 0.326 e. The Hall–Kier alpha value is -2.16. The lowest BCUT2D eigenvalue weighted by Crippen LogP contribution is -2.41. The molecule has 1 aromatic heterocycles. The minimum atomic E-state index is -0.260. The Morgan fingerprint density at radius 2 is 1.93 bits per heavy atom. The van der Waals surface area contributed by atoms with E-state index in [1.165, 1.54) is 0 Å². The van der Waals surface area contributed by atoms with Crippen LogP contribution in [-0.4, -0.2) is 57.2 Å². The summed E-state index contributed by atoms with van der Waals surface area (Å²) in [7, 11) is 1.82. The summed E-state index contributed by atoms with van der Waals surface area (Å²) in [6.45, 7) is 2.81. The number of imidazole rings is 1. The number of H-pyrrole nitrogens is 1. The number of hydrazine groups is 1. The average Bonchev–Trinajstić information content (AvgIpc) is 3.30. The first-order valence-corrected chi connectivity index (χ1v) is 11.1. The predicted molar refractivity (Wildman–Crippen MR) is 116 cm³/mol. The number of aromatic amines is 1. The molecule has 164 valence electrons. The van der Waals surface area contributed by atoms with Crippen LogP contribution in [-0.2, 0) is 0 Å². The lowest BCUT2D eigenvalue weighted by atomic mass is 9.93. The fourth-order valence-corrected chi connectivity index (χ4v) is 4.93. The van der Waals surface area contributed by atoms with E-state index in [2.05, 4.69) is 22.8 Å². The molecule has 1 saturated heterocycles. The third-order valence-electron chi connectivity index (χ3n) is 6.53. The quantitative estimate of drug-likeness (QED) is 0.577. The highest BCUT2D eigenvalue weighted by molar-refractivity contribution is 5.97. The monoisotopic (exact) mass is 415 g/mol. The van der Waals surface area contributed by atoms with Gasteiger partial charge in [0, 0.05) is 37.3 Å². The van der Waals surface area contributed by atoms with Crippen LogP contribution in [0.15, 0.2) is 23.0 Å². The van der Waals surface area contributed by atoms with Gasteiger partial charge in [-0.25, -0.2) is 4.79 Å². The Labute approximate surface area is 176 Å². The summed E-state index contributed by atoms with van der Waals surface area (Å²) in [5.74, 6) is -0.0490. The number of fused-ring (bicyclic) bond motifs is 1. The molecule has 2 unspecified atom stereocenters. The number of carbonyl (C=O) groups is 1. The van der Waals surface area contributed by atoms with E-state index in [0.717, 1.165) is 37.6 Å². The SMILES string of the molecule is CCCC1CC(CN(C)C(=O)c2ccc3c(c2)[nH]c(=O)n3C2CCC(O)CC2)NN1. The molecule has 1 aromatic carbocycles. The number of likely N-dealkylation sites (N-methyl/N-ethyl adjacent to an activating group) is 1. The second-order valence-electron chi connectivity index (χ2n) is 8.89. The molecular formula is C22H33N5O3. The molecule has 30 heavy (non-hydrogen) atoms. The van der Waals surface area contributed by atoms with Crippen LogP contribution in [0.1, 0.15) is 68.3 Å². The number of aliphatic hydroxyl groups excluding tert-OH is 1. The maximum Gasteiger partial charge on any atom is 0.326 e. The highest BCUT2D eigenvalue weighted by Gasteiger charge is 2.27. The number of nitrogens with zero attached hydrogens (tertiary/aromatic N) is 2. The third-order valence-corrected chi connectivity index (χ3v) is 6.53. The van der Waals surface area contributed by atoms with Crippen molar-refractivity contribution in [3.05, 3.63) is 34.2 Å². The van der Waals surface area contributed by atoms with Crippen molar-refractivity contribution in [3.8, 4) is 0 Å². The standard InChI is InChI=1S/C22H33N5O3/c1-3-4-15-12-16(25-24-15)13-26(2)21(29)14-5-10-20-19(11-14)23-22(30)27(20)17-6-8-18(28)9-7-17/h5,10-11,15-18,24-25,28H,3-4,6-9,12-13H2,1-2H3,(H,23,30). The largest absolute Gasteiger partial charge is 0.393 e. The summed E-state index contributed by atoms with van der Waals surface area (Å²) in [4.78, 5) is 30.2. The summed E-state index contributed by atoms with van der Waals surface area (Å²) in [6, 6.07) is 6.25. The molecule has 1 aliphatic heterocycles. The van der Waals surface area contributed by atoms with Gasteiger partial charge >= 0.3 is 5.69 Å². The van der Waals surface area contributed by atoms with Gasteiger partial charge < -0.3 is 15.0 Å². The van der Waals surface area contributed by atoms with E-state index in [0.29, 0.717) is 36.5 Å². The maximum atomic E-state index is 13.0. The van der Waals surface area contributed by atoms with Crippen LogP contribution < -0.4 is 16.5 Å². The van der Waals surface area contributed by atoms with E-state index < -0.39 is 0 Å². The number of hydrogen-bond acceptors (Lipinski definition) is 5. The Balaban J connectivity index is 1.47. The van der Waals surface area contributed by atoms with Crippen molar-refractivity contribution < 1.29 is 9.90 Å². The molecule has 2 fully saturated rings. The van der Waals surface area contributed by atoms with Gasteiger partial charge in [0.1, 0.15) is 0 Å². The van der Waals surface area contributed by atoms with Gasteiger partial charge in [-0.2, -0.15) is 0 Å². The van der Waals surface area contributed by atoms with E-state index in [-0.39, 0.29) is 29.8 Å². The number of aliphatic hydroxyl groups is 1. The first kappa shape index (κ1) is 21.1. The molecule has 1 aliphatic carbocycles. The van der Waals surface area contributed by atoms with E-state index in [4.69, 9.17) is 0 Å². The minimum absolute atomic E-state index is 0.0490. The highest BCUT2D eigenvalue weighted by atomic mass is 16.3. The minimum Gasteiger partial charge on any atom is -0.393 e. The second kappa shape index (κ2) is 8.91. The third kappa shape index (κ3) is 4.31. The van der Waals surface area contributed by atoms with Gasteiger partial charge in [0.2, 0.25) is 0 Å². The van der Waals surface area contributed by atoms with Crippen LogP contribution in [0.3, 0.4) is 0 Å². The molecule has 4 N–H and O–H groups in total. The van der Waals surface area contributed by atoms with Gasteiger partial charge in [0.05, 0.1) is 17.1 Å². The summed E-state index contributed by atoms with van der Waals surface area (Å²) >= 11 is 0. The zero-order valence-corrected chi connectivity index (χ0v) is 17.9. The number of hydrogen-bond donors (Lipinski definition) is 4. The summed E-state index contributed by atoms with van der Waals surface area (Å²) in [6.07, 6.45) is 6.03. The molecule has 8 heteroatoms. The topological polar surface area (TPSA) is 102 Å². The average molecular weight is 416 g/mol. The van der Waals surface area contributed by atoms with Crippen molar-refractivity contribution in [2.24, 2.45) is 0 Å². The first-order chi connectivity index (χ1) is 14.5. The molecule has 2 atom stereocenters. The Morgan fingerprint density at radius 1 is 1.20 bits per heavy atom. The van der Waals surface area contributed by atoms with Gasteiger partial charge in [-0.1, -0.05) is 13.3 Å². The van der Waals surface area contributed by atoms with Crippen molar-refractivity contribution in [1.29, 1.82) is 0 Å². The normalized spacial score (nSPS) is 26.9. The number of benzene rings is 1. The number of aromatic nitrogens is 2. The molecule has 2 heterocycles. The lowest BCUT2D eigenvalue weighted by Gasteiger charge is -2.26. The Morgan fingerprint density at radius 3 is 2.67 bits per heavy atom. The van der Waals surface area contributed by atoms with Crippen LogP contribution in [0.5, 0.6) is 0 Å². The van der Waals surface area contributed by atoms with Gasteiger partial charge in [-0.05, 0) is 56.7 Å². The zero-order chi connectivity index (χ0) is 21.3. The summed E-state index contributed by atoms with van der Waals surface area (Å²) < 4.78 is 1.79. The molecular weight excluding hydrogens is 382 g/mol. The molecule has 1 amide bonds. The van der Waals surface area contributed by atoms with Gasteiger partial charge in [0.15, 0.2) is 0 Å². The van der Waals surface area contributed by atoms with Gasteiger partial charge in [-0.3, -0.25) is 20.2 Å². The Kier molecular flexibility index (Phi) is 6.26. The predicted octanol–water partition coefficient (Wildman–Crippen LogP) is 1.91. The molecule has 8 nitrogen and oxygen atoms in total. The van der Waals surface area contributed by atoms with Crippen molar-refractivity contribution in [1.82, 2.24) is 25.3 Å². The molecule has 0 radical (unpaired) electrons.